The number of aryl methyl sites for hydroxylation is 1. The molecule has 2 heterocycles. The number of carboxylic acid groups (broad SMARTS) is 1. The molecule has 0 saturated carbocycles. The zero-order chi connectivity index (χ0) is 13.5. The van der Waals surface area contributed by atoms with Gasteiger partial charge in [0.1, 0.15) is 5.65 Å². The number of carboxylic acids is 1. The van der Waals surface area contributed by atoms with Gasteiger partial charge in [0.15, 0.2) is 5.69 Å². The summed E-state index contributed by atoms with van der Waals surface area (Å²) < 4.78 is 1.67. The van der Waals surface area contributed by atoms with E-state index in [1.807, 2.05) is 25.3 Å². The largest absolute Gasteiger partial charge is 0.477 e. The van der Waals surface area contributed by atoms with Crippen molar-refractivity contribution in [3.05, 3.63) is 35.3 Å². The lowest BCUT2D eigenvalue weighted by molar-refractivity contribution is 0.0687. The standard InChI is InChI=1S/C14H18N2O2/c1-9-5-6-11-15-10(7-14(2,3)4)12(13(17)18)16(11)8-9/h5-6,8H,7H2,1-4H3,(H,17,18). The van der Waals surface area contributed by atoms with E-state index in [0.29, 0.717) is 17.8 Å². The summed E-state index contributed by atoms with van der Waals surface area (Å²) in [6, 6.07) is 3.79. The first-order valence-corrected chi connectivity index (χ1v) is 5.99. The van der Waals surface area contributed by atoms with E-state index in [2.05, 4.69) is 25.8 Å². The summed E-state index contributed by atoms with van der Waals surface area (Å²) >= 11 is 0. The second kappa shape index (κ2) is 4.12. The summed E-state index contributed by atoms with van der Waals surface area (Å²) in [5.41, 5.74) is 2.66. The zero-order valence-corrected chi connectivity index (χ0v) is 11.2. The molecule has 0 aliphatic heterocycles. The summed E-state index contributed by atoms with van der Waals surface area (Å²) in [7, 11) is 0. The van der Waals surface area contributed by atoms with Gasteiger partial charge in [-0.15, -0.1) is 0 Å². The molecule has 4 nitrogen and oxygen atoms in total. The van der Waals surface area contributed by atoms with Crippen LogP contribution in [-0.2, 0) is 6.42 Å². The predicted molar refractivity (Wildman–Crippen MR) is 70.0 cm³/mol. The second-order valence-corrected chi connectivity index (χ2v) is 5.88. The Balaban J connectivity index is 2.66. The van der Waals surface area contributed by atoms with Crippen LogP contribution in [0, 0.1) is 12.3 Å². The molecule has 0 amide bonds. The average Bonchev–Trinajstić information content (AvgIpc) is 2.51. The highest BCUT2D eigenvalue weighted by Crippen LogP contribution is 2.24. The van der Waals surface area contributed by atoms with Crippen molar-refractivity contribution in [2.75, 3.05) is 0 Å². The third kappa shape index (κ3) is 2.37. The lowest BCUT2D eigenvalue weighted by atomic mass is 9.90. The van der Waals surface area contributed by atoms with Crippen LogP contribution in [0.25, 0.3) is 5.65 Å². The van der Waals surface area contributed by atoms with Gasteiger partial charge < -0.3 is 5.11 Å². The van der Waals surface area contributed by atoms with Crippen LogP contribution in [0.15, 0.2) is 18.3 Å². The molecular weight excluding hydrogens is 228 g/mol. The van der Waals surface area contributed by atoms with Crippen LogP contribution in [0.2, 0.25) is 0 Å². The lowest BCUT2D eigenvalue weighted by Gasteiger charge is -2.16. The van der Waals surface area contributed by atoms with Crippen molar-refractivity contribution in [3.8, 4) is 0 Å². The average molecular weight is 246 g/mol. The number of rotatable bonds is 2. The molecule has 96 valence electrons. The van der Waals surface area contributed by atoms with Crippen molar-refractivity contribution in [1.82, 2.24) is 9.38 Å². The minimum absolute atomic E-state index is 0.0111. The number of hydrogen-bond acceptors (Lipinski definition) is 2. The summed E-state index contributed by atoms with van der Waals surface area (Å²) in [5, 5.41) is 9.38. The molecule has 0 fully saturated rings. The molecule has 0 aromatic carbocycles. The molecule has 0 aliphatic rings. The van der Waals surface area contributed by atoms with Crippen molar-refractivity contribution in [2.24, 2.45) is 5.41 Å². The van der Waals surface area contributed by atoms with E-state index >= 15 is 0 Å². The first kappa shape index (κ1) is 12.6. The Bertz CT molecular complexity index is 606. The number of carbonyl (C=O) groups is 1. The summed E-state index contributed by atoms with van der Waals surface area (Å²) in [4.78, 5) is 15.9. The molecule has 0 spiro atoms. The van der Waals surface area contributed by atoms with Crippen molar-refractivity contribution >= 4 is 11.6 Å². The van der Waals surface area contributed by atoms with Gasteiger partial charge in [-0.1, -0.05) is 26.8 Å². The van der Waals surface area contributed by atoms with Crippen molar-refractivity contribution in [2.45, 2.75) is 34.1 Å². The topological polar surface area (TPSA) is 54.6 Å². The summed E-state index contributed by atoms with van der Waals surface area (Å²) in [6.07, 6.45) is 2.47. The number of nitrogens with zero attached hydrogens (tertiary/aromatic N) is 2. The van der Waals surface area contributed by atoms with E-state index in [1.165, 1.54) is 0 Å². The van der Waals surface area contributed by atoms with Crippen LogP contribution in [-0.4, -0.2) is 20.5 Å². The van der Waals surface area contributed by atoms with Crippen molar-refractivity contribution in [1.29, 1.82) is 0 Å². The summed E-state index contributed by atoms with van der Waals surface area (Å²) in [5.74, 6) is -0.924. The second-order valence-electron chi connectivity index (χ2n) is 5.88. The number of imidazole rings is 1. The van der Waals surface area contributed by atoms with Crippen molar-refractivity contribution in [3.63, 3.8) is 0 Å². The predicted octanol–water partition coefficient (Wildman–Crippen LogP) is 2.93. The molecule has 0 bridgehead atoms. The maximum atomic E-state index is 11.4. The third-order valence-electron chi connectivity index (χ3n) is 2.74. The Labute approximate surface area is 106 Å². The van der Waals surface area contributed by atoms with E-state index < -0.39 is 5.97 Å². The smallest absolute Gasteiger partial charge is 0.354 e. The molecule has 0 saturated heterocycles. The molecule has 18 heavy (non-hydrogen) atoms. The van der Waals surface area contributed by atoms with Crippen LogP contribution >= 0.6 is 0 Å². The lowest BCUT2D eigenvalue weighted by Crippen LogP contribution is -2.13. The van der Waals surface area contributed by atoms with Gasteiger partial charge in [-0.25, -0.2) is 9.78 Å². The van der Waals surface area contributed by atoms with Crippen LogP contribution < -0.4 is 0 Å². The first-order chi connectivity index (χ1) is 8.28. The fraction of sp³-hybridized carbons (Fsp3) is 0.429. The molecule has 1 N–H and O–H groups in total. The molecule has 0 aliphatic carbocycles. The van der Waals surface area contributed by atoms with Gasteiger partial charge in [0.25, 0.3) is 0 Å². The van der Waals surface area contributed by atoms with E-state index in [9.17, 15) is 9.90 Å². The molecule has 2 aromatic heterocycles. The monoisotopic (exact) mass is 246 g/mol. The van der Waals surface area contributed by atoms with E-state index in [-0.39, 0.29) is 11.1 Å². The maximum absolute atomic E-state index is 11.4. The number of aromatic carboxylic acids is 1. The fourth-order valence-corrected chi connectivity index (χ4v) is 2.05. The van der Waals surface area contributed by atoms with Crippen LogP contribution in [0.4, 0.5) is 0 Å². The van der Waals surface area contributed by atoms with E-state index in [0.717, 1.165) is 5.56 Å². The van der Waals surface area contributed by atoms with Gasteiger partial charge in [-0.3, -0.25) is 4.40 Å². The fourth-order valence-electron chi connectivity index (χ4n) is 2.05. The number of pyridine rings is 1. The first-order valence-electron chi connectivity index (χ1n) is 5.99. The molecule has 0 radical (unpaired) electrons. The number of fused-ring (bicyclic) bond motifs is 1. The molecule has 2 rings (SSSR count). The maximum Gasteiger partial charge on any atom is 0.354 e. The normalized spacial score (nSPS) is 12.0. The minimum Gasteiger partial charge on any atom is -0.477 e. The molecular formula is C14H18N2O2. The number of hydrogen-bond donors (Lipinski definition) is 1. The Kier molecular flexibility index (Phi) is 2.89. The summed E-state index contributed by atoms with van der Waals surface area (Å²) in [6.45, 7) is 8.17. The van der Waals surface area contributed by atoms with Crippen molar-refractivity contribution < 1.29 is 9.90 Å². The highest BCUT2D eigenvalue weighted by molar-refractivity contribution is 5.88. The van der Waals surface area contributed by atoms with Gasteiger partial charge >= 0.3 is 5.97 Å². The van der Waals surface area contributed by atoms with Crippen LogP contribution in [0.5, 0.6) is 0 Å². The highest BCUT2D eigenvalue weighted by atomic mass is 16.4. The van der Waals surface area contributed by atoms with Crippen LogP contribution in [0.3, 0.4) is 0 Å². The Morgan fingerprint density at radius 1 is 1.39 bits per heavy atom. The quantitative estimate of drug-likeness (QED) is 0.886. The molecule has 0 unspecified atom stereocenters. The van der Waals surface area contributed by atoms with Gasteiger partial charge in [0.05, 0.1) is 5.69 Å². The van der Waals surface area contributed by atoms with E-state index in [1.54, 1.807) is 4.40 Å². The molecule has 4 heteroatoms. The SMILES string of the molecule is Cc1ccc2nc(CC(C)(C)C)c(C(=O)O)n2c1. The van der Waals surface area contributed by atoms with E-state index in [4.69, 9.17) is 0 Å². The van der Waals surface area contributed by atoms with Gasteiger partial charge in [-0.2, -0.15) is 0 Å². The Morgan fingerprint density at radius 2 is 2.06 bits per heavy atom. The Hall–Kier alpha value is -1.84. The molecule has 0 atom stereocenters. The third-order valence-corrected chi connectivity index (χ3v) is 2.74. The Morgan fingerprint density at radius 3 is 2.61 bits per heavy atom. The van der Waals surface area contributed by atoms with Crippen LogP contribution in [0.1, 0.15) is 42.5 Å². The number of aromatic nitrogens is 2. The van der Waals surface area contributed by atoms with Gasteiger partial charge in [0, 0.05) is 6.20 Å². The highest BCUT2D eigenvalue weighted by Gasteiger charge is 2.22. The zero-order valence-electron chi connectivity index (χ0n) is 11.2. The van der Waals surface area contributed by atoms with Gasteiger partial charge in [0.2, 0.25) is 0 Å². The minimum atomic E-state index is -0.924. The molecule has 2 aromatic rings. The van der Waals surface area contributed by atoms with Gasteiger partial charge in [-0.05, 0) is 30.4 Å².